The van der Waals surface area contributed by atoms with Crippen molar-refractivity contribution >= 4 is 17.5 Å². The number of hydrogen-bond acceptors (Lipinski definition) is 1. The zero-order valence-electron chi connectivity index (χ0n) is 10.5. The topological polar surface area (TPSA) is 29.1 Å². The van der Waals surface area contributed by atoms with Gasteiger partial charge in [0.2, 0.25) is 0 Å². The van der Waals surface area contributed by atoms with Gasteiger partial charge < -0.3 is 5.32 Å². The molecular weight excluding hydrogens is 284 g/mol. The molecule has 0 aliphatic heterocycles. The van der Waals surface area contributed by atoms with Gasteiger partial charge >= 0.3 is 0 Å². The Hall–Kier alpha value is -1.94. The second kappa shape index (κ2) is 6.48. The van der Waals surface area contributed by atoms with E-state index in [0.717, 1.165) is 11.6 Å². The number of carbonyl (C=O) groups excluding carboxylic acids is 1. The van der Waals surface area contributed by atoms with Gasteiger partial charge in [-0.1, -0.05) is 23.7 Å². The maximum Gasteiger partial charge on any atom is 0.254 e. The van der Waals surface area contributed by atoms with E-state index in [4.69, 9.17) is 11.6 Å². The molecule has 0 heterocycles. The van der Waals surface area contributed by atoms with Crippen LogP contribution in [0.3, 0.4) is 0 Å². The van der Waals surface area contributed by atoms with Gasteiger partial charge in [-0.25, -0.2) is 8.78 Å². The van der Waals surface area contributed by atoms with Crippen molar-refractivity contribution in [3.8, 4) is 0 Å². The Morgan fingerprint density at radius 2 is 1.80 bits per heavy atom. The summed E-state index contributed by atoms with van der Waals surface area (Å²) in [5, 5.41) is 2.85. The van der Waals surface area contributed by atoms with Crippen molar-refractivity contribution in [1.82, 2.24) is 5.32 Å². The minimum absolute atomic E-state index is 0.0477. The lowest BCUT2D eigenvalue weighted by Gasteiger charge is -2.06. The van der Waals surface area contributed by atoms with Gasteiger partial charge in [0.05, 0.1) is 5.56 Å². The van der Waals surface area contributed by atoms with Crippen LogP contribution in [0.25, 0.3) is 0 Å². The number of carbonyl (C=O) groups is 1. The van der Waals surface area contributed by atoms with Crippen molar-refractivity contribution in [2.24, 2.45) is 0 Å². The molecule has 0 radical (unpaired) electrons. The molecule has 2 aromatic carbocycles. The van der Waals surface area contributed by atoms with Crippen molar-refractivity contribution in [3.63, 3.8) is 0 Å². The Kier molecular flexibility index (Phi) is 4.69. The fourth-order valence-corrected chi connectivity index (χ4v) is 1.90. The van der Waals surface area contributed by atoms with E-state index in [1.54, 1.807) is 12.1 Å². The molecule has 1 N–H and O–H groups in total. The van der Waals surface area contributed by atoms with Gasteiger partial charge in [-0.15, -0.1) is 0 Å². The lowest BCUT2D eigenvalue weighted by Crippen LogP contribution is -2.26. The molecule has 1 amide bonds. The summed E-state index contributed by atoms with van der Waals surface area (Å²) in [5.74, 6) is -1.46. The summed E-state index contributed by atoms with van der Waals surface area (Å²) in [6, 6.07) is 9.89. The molecule has 0 spiro atoms. The van der Waals surface area contributed by atoms with Gasteiger partial charge in [0, 0.05) is 11.6 Å². The minimum atomic E-state index is -0.656. The fraction of sp³-hybridized carbons (Fsp3) is 0.133. The van der Waals surface area contributed by atoms with Crippen molar-refractivity contribution < 1.29 is 13.6 Å². The number of amides is 1. The average molecular weight is 296 g/mol. The predicted octanol–water partition coefficient (Wildman–Crippen LogP) is 3.59. The summed E-state index contributed by atoms with van der Waals surface area (Å²) in [4.78, 5) is 11.8. The number of hydrogen-bond donors (Lipinski definition) is 1. The monoisotopic (exact) mass is 295 g/mol. The third-order valence-electron chi connectivity index (χ3n) is 2.79. The first-order valence-corrected chi connectivity index (χ1v) is 6.42. The smallest absolute Gasteiger partial charge is 0.254 e. The van der Waals surface area contributed by atoms with E-state index in [2.05, 4.69) is 5.32 Å². The molecule has 0 aromatic heterocycles. The summed E-state index contributed by atoms with van der Waals surface area (Å²) < 4.78 is 26.2. The summed E-state index contributed by atoms with van der Waals surface area (Å²) in [7, 11) is 0. The third kappa shape index (κ3) is 3.78. The molecule has 0 aliphatic carbocycles. The van der Waals surface area contributed by atoms with Crippen LogP contribution in [0.5, 0.6) is 0 Å². The lowest BCUT2D eigenvalue weighted by atomic mass is 10.1. The van der Waals surface area contributed by atoms with Crippen LogP contribution in [0.15, 0.2) is 42.5 Å². The summed E-state index contributed by atoms with van der Waals surface area (Å²) in [6.07, 6.45) is 0.543. The van der Waals surface area contributed by atoms with Crippen molar-refractivity contribution in [2.75, 3.05) is 6.54 Å². The number of halogens is 3. The third-order valence-corrected chi connectivity index (χ3v) is 3.02. The molecule has 0 aliphatic rings. The molecule has 2 aromatic rings. The van der Waals surface area contributed by atoms with Crippen LogP contribution < -0.4 is 5.32 Å². The molecular formula is C15H12ClF2NO. The van der Waals surface area contributed by atoms with Gasteiger partial charge in [-0.05, 0) is 42.3 Å². The quantitative estimate of drug-likeness (QED) is 0.917. The van der Waals surface area contributed by atoms with Crippen molar-refractivity contribution in [2.45, 2.75) is 6.42 Å². The first kappa shape index (κ1) is 14.5. The normalized spacial score (nSPS) is 10.3. The highest BCUT2D eigenvalue weighted by Crippen LogP contribution is 2.14. The van der Waals surface area contributed by atoms with E-state index in [1.807, 2.05) is 0 Å². The van der Waals surface area contributed by atoms with E-state index in [0.29, 0.717) is 13.0 Å². The van der Waals surface area contributed by atoms with Crippen LogP contribution in [0.1, 0.15) is 15.9 Å². The molecule has 0 saturated heterocycles. The maximum atomic E-state index is 13.5. The first-order chi connectivity index (χ1) is 9.56. The Morgan fingerprint density at radius 1 is 1.10 bits per heavy atom. The largest absolute Gasteiger partial charge is 0.352 e. The maximum absolute atomic E-state index is 13.5. The number of nitrogens with one attached hydrogen (secondary N) is 1. The molecule has 2 rings (SSSR count). The molecule has 0 bridgehead atoms. The Labute approximate surface area is 120 Å². The summed E-state index contributed by atoms with van der Waals surface area (Å²) in [6.45, 7) is 0.340. The molecule has 2 nitrogen and oxygen atoms in total. The standard InChI is InChI=1S/C15H12ClF2NO/c16-11-3-6-13(14(18)9-11)15(20)19-8-7-10-1-4-12(17)5-2-10/h1-6,9H,7-8H2,(H,19,20). The van der Waals surface area contributed by atoms with Crippen LogP contribution in [-0.4, -0.2) is 12.5 Å². The molecule has 0 atom stereocenters. The number of benzene rings is 2. The van der Waals surface area contributed by atoms with E-state index in [-0.39, 0.29) is 16.4 Å². The summed E-state index contributed by atoms with van der Waals surface area (Å²) >= 11 is 5.62. The molecule has 104 valence electrons. The SMILES string of the molecule is O=C(NCCc1ccc(F)cc1)c1ccc(Cl)cc1F. The lowest BCUT2D eigenvalue weighted by molar-refractivity contribution is 0.0950. The molecule has 0 saturated carbocycles. The van der Waals surface area contributed by atoms with Crippen molar-refractivity contribution in [1.29, 1.82) is 0 Å². The Bertz CT molecular complexity index is 614. The second-order valence-corrected chi connectivity index (χ2v) is 4.69. The predicted molar refractivity (Wildman–Crippen MR) is 73.8 cm³/mol. The van der Waals surface area contributed by atoms with E-state index < -0.39 is 11.7 Å². The van der Waals surface area contributed by atoms with Gasteiger partial charge in [0.25, 0.3) is 5.91 Å². The summed E-state index contributed by atoms with van der Waals surface area (Å²) in [5.41, 5.74) is 0.844. The highest BCUT2D eigenvalue weighted by Gasteiger charge is 2.11. The van der Waals surface area contributed by atoms with Crippen LogP contribution in [0.4, 0.5) is 8.78 Å². The molecule has 0 fully saturated rings. The average Bonchev–Trinajstić information content (AvgIpc) is 2.41. The fourth-order valence-electron chi connectivity index (χ4n) is 1.74. The van der Waals surface area contributed by atoms with E-state index in [9.17, 15) is 13.6 Å². The number of rotatable bonds is 4. The first-order valence-electron chi connectivity index (χ1n) is 6.04. The Morgan fingerprint density at radius 3 is 2.45 bits per heavy atom. The van der Waals surface area contributed by atoms with E-state index in [1.165, 1.54) is 24.3 Å². The van der Waals surface area contributed by atoms with Gasteiger partial charge in [-0.2, -0.15) is 0 Å². The van der Waals surface area contributed by atoms with Gasteiger partial charge in [0.1, 0.15) is 11.6 Å². The second-order valence-electron chi connectivity index (χ2n) is 4.26. The Balaban J connectivity index is 1.90. The van der Waals surface area contributed by atoms with Crippen molar-refractivity contribution in [3.05, 3.63) is 70.2 Å². The van der Waals surface area contributed by atoms with Crippen LogP contribution in [0, 0.1) is 11.6 Å². The van der Waals surface area contributed by atoms with Gasteiger partial charge in [0.15, 0.2) is 0 Å². The molecule has 5 heteroatoms. The van der Waals surface area contributed by atoms with Gasteiger partial charge in [-0.3, -0.25) is 4.79 Å². The zero-order chi connectivity index (χ0) is 14.5. The van der Waals surface area contributed by atoms with Crippen LogP contribution >= 0.6 is 11.6 Å². The van der Waals surface area contributed by atoms with E-state index >= 15 is 0 Å². The molecule has 0 unspecified atom stereocenters. The minimum Gasteiger partial charge on any atom is -0.352 e. The zero-order valence-corrected chi connectivity index (χ0v) is 11.3. The van der Waals surface area contributed by atoms with Crippen LogP contribution in [0.2, 0.25) is 5.02 Å². The highest BCUT2D eigenvalue weighted by molar-refractivity contribution is 6.30. The highest BCUT2D eigenvalue weighted by atomic mass is 35.5. The molecule has 20 heavy (non-hydrogen) atoms. The van der Waals surface area contributed by atoms with Crippen LogP contribution in [-0.2, 0) is 6.42 Å².